The van der Waals surface area contributed by atoms with Gasteiger partial charge in [0.15, 0.2) is 23.4 Å². The highest BCUT2D eigenvalue weighted by atomic mass is 16.7. The number of aromatic hydroxyl groups is 1. The van der Waals surface area contributed by atoms with Gasteiger partial charge in [-0.15, -0.1) is 0 Å². The lowest BCUT2D eigenvalue weighted by atomic mass is 10.1. The standard InChI is InChI=1S/C21H20N2O4/c1-14-8-18(19(25)12-22-7-3-4-17(24)11-22)15(2)23(14)10-16-5-6-20-21(9-16)27-13-26-20/h3-9,11H,10,12-13H2,1-2H3/p+1. The highest BCUT2D eigenvalue weighted by Crippen LogP contribution is 2.33. The average molecular weight is 365 g/mol. The van der Waals surface area contributed by atoms with Crippen LogP contribution in [0.2, 0.25) is 0 Å². The zero-order chi connectivity index (χ0) is 19.0. The number of benzene rings is 1. The van der Waals surface area contributed by atoms with Gasteiger partial charge in [-0.1, -0.05) is 6.07 Å². The number of hydrogen-bond donors (Lipinski definition) is 1. The summed E-state index contributed by atoms with van der Waals surface area (Å²) < 4.78 is 14.6. The molecule has 27 heavy (non-hydrogen) atoms. The molecule has 6 nitrogen and oxygen atoms in total. The molecule has 1 aliphatic heterocycles. The molecule has 0 amide bonds. The van der Waals surface area contributed by atoms with E-state index in [1.165, 1.54) is 0 Å². The van der Waals surface area contributed by atoms with E-state index in [1.54, 1.807) is 29.1 Å². The molecule has 4 rings (SSSR count). The van der Waals surface area contributed by atoms with Crippen LogP contribution in [-0.4, -0.2) is 22.2 Å². The summed E-state index contributed by atoms with van der Waals surface area (Å²) >= 11 is 0. The van der Waals surface area contributed by atoms with Crippen molar-refractivity contribution in [1.82, 2.24) is 4.57 Å². The summed E-state index contributed by atoms with van der Waals surface area (Å²) in [5.74, 6) is 1.67. The SMILES string of the molecule is Cc1cc(C(=O)C[n+]2cccc(O)c2)c(C)n1Cc1ccc2c(c1)OCO2. The van der Waals surface area contributed by atoms with Crippen molar-refractivity contribution >= 4 is 5.78 Å². The molecule has 2 aromatic heterocycles. The van der Waals surface area contributed by atoms with E-state index in [4.69, 9.17) is 9.47 Å². The first-order valence-electron chi connectivity index (χ1n) is 8.78. The van der Waals surface area contributed by atoms with E-state index in [-0.39, 0.29) is 24.9 Å². The number of nitrogens with zero attached hydrogens (tertiary/aromatic N) is 2. The smallest absolute Gasteiger partial charge is 0.231 e. The Morgan fingerprint density at radius 3 is 2.81 bits per heavy atom. The van der Waals surface area contributed by atoms with Gasteiger partial charge < -0.3 is 19.1 Å². The minimum absolute atomic E-state index is 0.00985. The molecule has 1 N–H and O–H groups in total. The summed E-state index contributed by atoms with van der Waals surface area (Å²) in [6, 6.07) is 11.1. The maximum atomic E-state index is 12.8. The van der Waals surface area contributed by atoms with Crippen LogP contribution in [0.25, 0.3) is 0 Å². The van der Waals surface area contributed by atoms with Gasteiger partial charge in [-0.05, 0) is 43.7 Å². The first-order valence-corrected chi connectivity index (χ1v) is 8.78. The Hall–Kier alpha value is -3.28. The second kappa shape index (κ2) is 6.79. The fraction of sp³-hybridized carbons (Fsp3) is 0.238. The van der Waals surface area contributed by atoms with Crippen molar-refractivity contribution in [2.24, 2.45) is 0 Å². The monoisotopic (exact) mass is 365 g/mol. The molecule has 6 heteroatoms. The van der Waals surface area contributed by atoms with E-state index in [0.717, 1.165) is 28.5 Å². The Labute approximate surface area is 157 Å². The van der Waals surface area contributed by atoms with Crippen molar-refractivity contribution in [3.05, 3.63) is 71.3 Å². The maximum absolute atomic E-state index is 12.8. The minimum Gasteiger partial charge on any atom is -0.503 e. The molecule has 1 aliphatic rings. The van der Waals surface area contributed by atoms with Crippen LogP contribution in [0.3, 0.4) is 0 Å². The highest BCUT2D eigenvalue weighted by molar-refractivity contribution is 5.96. The fourth-order valence-corrected chi connectivity index (χ4v) is 3.41. The largest absolute Gasteiger partial charge is 0.503 e. The first kappa shape index (κ1) is 17.1. The van der Waals surface area contributed by atoms with Gasteiger partial charge in [0.05, 0.1) is 0 Å². The third kappa shape index (κ3) is 3.38. The quantitative estimate of drug-likeness (QED) is 0.558. The van der Waals surface area contributed by atoms with E-state index in [0.29, 0.717) is 12.1 Å². The zero-order valence-corrected chi connectivity index (χ0v) is 15.3. The molecule has 0 unspecified atom stereocenters. The van der Waals surface area contributed by atoms with Gasteiger partial charge in [-0.25, -0.2) is 0 Å². The van der Waals surface area contributed by atoms with Gasteiger partial charge in [0.2, 0.25) is 25.3 Å². The molecule has 0 aliphatic carbocycles. The van der Waals surface area contributed by atoms with Gasteiger partial charge >= 0.3 is 0 Å². The number of hydrogen-bond acceptors (Lipinski definition) is 4. The maximum Gasteiger partial charge on any atom is 0.231 e. The normalized spacial score (nSPS) is 12.4. The Kier molecular flexibility index (Phi) is 4.32. The molecule has 0 radical (unpaired) electrons. The number of aryl methyl sites for hydroxylation is 1. The van der Waals surface area contributed by atoms with Gasteiger partial charge in [0.25, 0.3) is 0 Å². The molecule has 1 aromatic carbocycles. The van der Waals surface area contributed by atoms with Gasteiger partial charge in [-0.3, -0.25) is 4.79 Å². The van der Waals surface area contributed by atoms with Crippen LogP contribution in [0.15, 0.2) is 48.8 Å². The summed E-state index contributed by atoms with van der Waals surface area (Å²) in [5.41, 5.74) is 3.73. The fourth-order valence-electron chi connectivity index (χ4n) is 3.41. The lowest BCUT2D eigenvalue weighted by Gasteiger charge is -2.10. The lowest BCUT2D eigenvalue weighted by Crippen LogP contribution is -2.37. The van der Waals surface area contributed by atoms with Crippen LogP contribution in [0.1, 0.15) is 27.3 Å². The second-order valence-corrected chi connectivity index (χ2v) is 6.72. The van der Waals surface area contributed by atoms with Crippen molar-refractivity contribution < 1.29 is 23.9 Å². The van der Waals surface area contributed by atoms with E-state index < -0.39 is 0 Å². The first-order chi connectivity index (χ1) is 13.0. The summed E-state index contributed by atoms with van der Waals surface area (Å²) in [6.45, 7) is 5.05. The Bertz CT molecular complexity index is 1020. The third-order valence-corrected chi connectivity index (χ3v) is 4.82. The Balaban J connectivity index is 1.57. The van der Waals surface area contributed by atoms with Crippen LogP contribution >= 0.6 is 0 Å². The van der Waals surface area contributed by atoms with Crippen LogP contribution < -0.4 is 14.0 Å². The second-order valence-electron chi connectivity index (χ2n) is 6.72. The molecular formula is C21H21N2O4+. The van der Waals surface area contributed by atoms with Crippen molar-refractivity contribution in [2.75, 3.05) is 6.79 Å². The molecule has 3 heterocycles. The molecule has 138 valence electrons. The molecule has 0 saturated heterocycles. The van der Waals surface area contributed by atoms with Crippen molar-refractivity contribution in [3.8, 4) is 17.2 Å². The van der Waals surface area contributed by atoms with Gasteiger partial charge in [-0.2, -0.15) is 4.57 Å². The predicted molar refractivity (Wildman–Crippen MR) is 98.2 cm³/mol. The van der Waals surface area contributed by atoms with Crippen LogP contribution in [0.5, 0.6) is 17.2 Å². The Morgan fingerprint density at radius 2 is 2.00 bits per heavy atom. The number of carbonyl (C=O) groups excluding carboxylic acids is 1. The lowest BCUT2D eigenvalue weighted by molar-refractivity contribution is -0.683. The van der Waals surface area contributed by atoms with Gasteiger partial charge in [0.1, 0.15) is 0 Å². The molecular weight excluding hydrogens is 344 g/mol. The van der Waals surface area contributed by atoms with Crippen LogP contribution in [-0.2, 0) is 13.1 Å². The summed E-state index contributed by atoms with van der Waals surface area (Å²) in [4.78, 5) is 12.8. The van der Waals surface area contributed by atoms with Crippen LogP contribution in [0, 0.1) is 13.8 Å². The third-order valence-electron chi connectivity index (χ3n) is 4.82. The predicted octanol–water partition coefficient (Wildman–Crippen LogP) is 2.76. The number of Topliss-reactive ketones (excluding diaryl/α,β-unsaturated/α-hetero) is 1. The molecule has 0 bridgehead atoms. The summed E-state index contributed by atoms with van der Waals surface area (Å²) in [7, 11) is 0. The molecule has 0 atom stereocenters. The average Bonchev–Trinajstić information content (AvgIpc) is 3.21. The van der Waals surface area contributed by atoms with E-state index in [2.05, 4.69) is 4.57 Å². The van der Waals surface area contributed by atoms with Crippen molar-refractivity contribution in [2.45, 2.75) is 26.9 Å². The van der Waals surface area contributed by atoms with Crippen molar-refractivity contribution in [1.29, 1.82) is 0 Å². The van der Waals surface area contributed by atoms with Crippen molar-refractivity contribution in [3.63, 3.8) is 0 Å². The Morgan fingerprint density at radius 1 is 1.19 bits per heavy atom. The molecule has 0 saturated carbocycles. The zero-order valence-electron chi connectivity index (χ0n) is 15.3. The summed E-state index contributed by atoms with van der Waals surface area (Å²) in [6.07, 6.45) is 3.31. The number of pyridine rings is 1. The number of aromatic nitrogens is 2. The topological polar surface area (TPSA) is 64.6 Å². The number of rotatable bonds is 5. The van der Waals surface area contributed by atoms with E-state index in [9.17, 15) is 9.90 Å². The summed E-state index contributed by atoms with van der Waals surface area (Å²) in [5, 5.41) is 9.57. The van der Waals surface area contributed by atoms with Gasteiger partial charge in [0, 0.05) is 29.6 Å². The number of ether oxygens (including phenoxy) is 2. The minimum atomic E-state index is 0.00985. The molecule has 0 fully saturated rings. The van der Waals surface area contributed by atoms with E-state index >= 15 is 0 Å². The number of ketones is 1. The molecule has 0 spiro atoms. The number of fused-ring (bicyclic) bond motifs is 1. The van der Waals surface area contributed by atoms with E-state index in [1.807, 2.05) is 38.1 Å². The number of carbonyl (C=O) groups is 1. The highest BCUT2D eigenvalue weighted by Gasteiger charge is 2.20. The van der Waals surface area contributed by atoms with Crippen LogP contribution in [0.4, 0.5) is 0 Å². The molecule has 3 aromatic rings.